The molecule has 0 aromatic carbocycles. The van der Waals surface area contributed by atoms with Crippen molar-refractivity contribution in [2.75, 3.05) is 12.4 Å². The fourth-order valence-corrected chi connectivity index (χ4v) is 3.14. The molecule has 1 amide bonds. The number of nitrogens with one attached hydrogen (secondary N) is 1. The third-order valence-electron chi connectivity index (χ3n) is 4.42. The van der Waals surface area contributed by atoms with Crippen molar-refractivity contribution >= 4 is 11.7 Å². The average Bonchev–Trinajstić information content (AvgIpc) is 3.25. The quantitative estimate of drug-likeness (QED) is 0.777. The molecule has 0 bridgehead atoms. The highest BCUT2D eigenvalue weighted by molar-refractivity contribution is 6.05. The van der Waals surface area contributed by atoms with E-state index in [2.05, 4.69) is 37.0 Å². The van der Waals surface area contributed by atoms with Gasteiger partial charge in [-0.15, -0.1) is 10.2 Å². The minimum absolute atomic E-state index is 0.269. The number of hydrogen-bond donors (Lipinski definition) is 1. The SMILES string of the molecule is COc1ncccc1C(=O)Nc1cccc(-c2nnc3n2[C@H](C)CC3)n1. The summed E-state index contributed by atoms with van der Waals surface area (Å²) in [5, 5.41) is 11.3. The number of anilines is 1. The van der Waals surface area contributed by atoms with Gasteiger partial charge in [0.1, 0.15) is 22.9 Å². The maximum absolute atomic E-state index is 12.5. The number of hydrogen-bond acceptors (Lipinski definition) is 6. The van der Waals surface area contributed by atoms with Crippen molar-refractivity contribution in [3.05, 3.63) is 47.9 Å². The Morgan fingerprint density at radius 3 is 3.00 bits per heavy atom. The van der Waals surface area contributed by atoms with E-state index in [1.807, 2.05) is 12.1 Å². The molecule has 26 heavy (non-hydrogen) atoms. The molecule has 0 unspecified atom stereocenters. The number of carbonyl (C=O) groups excluding carboxylic acids is 1. The summed E-state index contributed by atoms with van der Waals surface area (Å²) >= 11 is 0. The molecule has 8 nitrogen and oxygen atoms in total. The van der Waals surface area contributed by atoms with Crippen LogP contribution in [0.25, 0.3) is 11.5 Å². The Kier molecular flexibility index (Phi) is 4.08. The van der Waals surface area contributed by atoms with Crippen molar-refractivity contribution in [2.45, 2.75) is 25.8 Å². The third kappa shape index (κ3) is 2.79. The summed E-state index contributed by atoms with van der Waals surface area (Å²) in [6.45, 7) is 2.14. The van der Waals surface area contributed by atoms with Gasteiger partial charge in [-0.1, -0.05) is 6.07 Å². The Morgan fingerprint density at radius 2 is 2.15 bits per heavy atom. The normalized spacial score (nSPS) is 15.5. The number of carbonyl (C=O) groups is 1. The predicted octanol–water partition coefficient (Wildman–Crippen LogP) is 2.50. The van der Waals surface area contributed by atoms with Gasteiger partial charge in [-0.05, 0) is 37.6 Å². The lowest BCUT2D eigenvalue weighted by Gasteiger charge is -2.11. The van der Waals surface area contributed by atoms with Crippen LogP contribution < -0.4 is 10.1 Å². The summed E-state index contributed by atoms with van der Waals surface area (Å²) in [4.78, 5) is 21.1. The van der Waals surface area contributed by atoms with Crippen LogP contribution in [0.4, 0.5) is 5.82 Å². The molecule has 0 aliphatic carbocycles. The van der Waals surface area contributed by atoms with Crippen molar-refractivity contribution in [1.29, 1.82) is 0 Å². The third-order valence-corrected chi connectivity index (χ3v) is 4.42. The largest absolute Gasteiger partial charge is 0.480 e. The van der Waals surface area contributed by atoms with Crippen LogP contribution in [0.15, 0.2) is 36.5 Å². The van der Waals surface area contributed by atoms with Crippen LogP contribution in [-0.4, -0.2) is 37.7 Å². The van der Waals surface area contributed by atoms with Gasteiger partial charge in [0, 0.05) is 18.7 Å². The molecular formula is C18H18N6O2. The molecule has 1 aliphatic heterocycles. The summed E-state index contributed by atoms with van der Waals surface area (Å²) in [7, 11) is 1.48. The predicted molar refractivity (Wildman–Crippen MR) is 95.0 cm³/mol. The van der Waals surface area contributed by atoms with E-state index < -0.39 is 0 Å². The maximum Gasteiger partial charge on any atom is 0.262 e. The number of amides is 1. The second-order valence-electron chi connectivity index (χ2n) is 6.12. The van der Waals surface area contributed by atoms with Crippen LogP contribution in [-0.2, 0) is 6.42 Å². The highest BCUT2D eigenvalue weighted by Crippen LogP contribution is 2.30. The molecule has 1 aliphatic rings. The molecule has 132 valence electrons. The second-order valence-corrected chi connectivity index (χ2v) is 6.12. The van der Waals surface area contributed by atoms with Crippen molar-refractivity contribution < 1.29 is 9.53 Å². The van der Waals surface area contributed by atoms with E-state index in [1.165, 1.54) is 7.11 Å². The highest BCUT2D eigenvalue weighted by Gasteiger charge is 2.25. The Labute approximate surface area is 150 Å². The first kappa shape index (κ1) is 16.2. The van der Waals surface area contributed by atoms with E-state index >= 15 is 0 Å². The monoisotopic (exact) mass is 350 g/mol. The maximum atomic E-state index is 12.5. The first-order valence-corrected chi connectivity index (χ1v) is 8.39. The molecule has 3 aromatic rings. The number of aryl methyl sites for hydroxylation is 1. The van der Waals surface area contributed by atoms with Crippen LogP contribution in [0.1, 0.15) is 35.6 Å². The van der Waals surface area contributed by atoms with Gasteiger partial charge in [0.25, 0.3) is 5.91 Å². The summed E-state index contributed by atoms with van der Waals surface area (Å²) in [6, 6.07) is 9.10. The van der Waals surface area contributed by atoms with E-state index in [0.717, 1.165) is 24.5 Å². The van der Waals surface area contributed by atoms with Gasteiger partial charge in [-0.25, -0.2) is 9.97 Å². The molecule has 0 saturated heterocycles. The minimum atomic E-state index is -0.334. The number of aromatic nitrogens is 5. The lowest BCUT2D eigenvalue weighted by Crippen LogP contribution is -2.15. The van der Waals surface area contributed by atoms with Gasteiger partial charge in [0.15, 0.2) is 5.82 Å². The Bertz CT molecular complexity index is 968. The van der Waals surface area contributed by atoms with Crippen LogP contribution >= 0.6 is 0 Å². The van der Waals surface area contributed by atoms with E-state index in [-0.39, 0.29) is 11.8 Å². The summed E-state index contributed by atoms with van der Waals surface area (Å²) < 4.78 is 7.24. The lowest BCUT2D eigenvalue weighted by molar-refractivity contribution is 0.102. The molecule has 1 N–H and O–H groups in total. The van der Waals surface area contributed by atoms with E-state index in [9.17, 15) is 4.79 Å². The molecule has 4 heterocycles. The number of nitrogens with zero attached hydrogens (tertiary/aromatic N) is 5. The van der Waals surface area contributed by atoms with Gasteiger partial charge in [0.2, 0.25) is 5.88 Å². The Balaban J connectivity index is 1.62. The van der Waals surface area contributed by atoms with Crippen molar-refractivity contribution in [1.82, 2.24) is 24.7 Å². The Morgan fingerprint density at radius 1 is 1.27 bits per heavy atom. The number of ether oxygens (including phenoxy) is 1. The topological polar surface area (TPSA) is 94.8 Å². The molecule has 0 spiro atoms. The number of methoxy groups -OCH3 is 1. The standard InChI is InChI=1S/C18H18N6O2/c1-11-8-9-15-22-23-16(24(11)15)13-6-3-7-14(20-13)21-17(25)12-5-4-10-19-18(12)26-2/h3-7,10-11H,8-9H2,1-2H3,(H,20,21,25)/t11-/m1/s1. The molecule has 0 fully saturated rings. The van der Waals surface area contributed by atoms with Gasteiger partial charge < -0.3 is 14.6 Å². The zero-order valence-electron chi connectivity index (χ0n) is 14.5. The van der Waals surface area contributed by atoms with Crippen LogP contribution in [0.2, 0.25) is 0 Å². The average molecular weight is 350 g/mol. The number of fused-ring (bicyclic) bond motifs is 1. The van der Waals surface area contributed by atoms with Crippen LogP contribution in [0.3, 0.4) is 0 Å². The van der Waals surface area contributed by atoms with Gasteiger partial charge in [0.05, 0.1) is 7.11 Å². The highest BCUT2D eigenvalue weighted by atomic mass is 16.5. The van der Waals surface area contributed by atoms with Gasteiger partial charge in [-0.2, -0.15) is 0 Å². The van der Waals surface area contributed by atoms with E-state index in [1.54, 1.807) is 24.4 Å². The van der Waals surface area contributed by atoms with E-state index in [4.69, 9.17) is 4.74 Å². The molecule has 3 aromatic heterocycles. The molecule has 0 saturated carbocycles. The first-order chi connectivity index (χ1) is 12.7. The van der Waals surface area contributed by atoms with Gasteiger partial charge >= 0.3 is 0 Å². The zero-order valence-corrected chi connectivity index (χ0v) is 14.5. The smallest absolute Gasteiger partial charge is 0.262 e. The summed E-state index contributed by atoms with van der Waals surface area (Å²) in [5.41, 5.74) is 1.02. The van der Waals surface area contributed by atoms with Crippen LogP contribution in [0.5, 0.6) is 5.88 Å². The number of pyridine rings is 2. The van der Waals surface area contributed by atoms with Crippen molar-refractivity contribution in [3.63, 3.8) is 0 Å². The van der Waals surface area contributed by atoms with Gasteiger partial charge in [-0.3, -0.25) is 4.79 Å². The molecule has 1 atom stereocenters. The van der Waals surface area contributed by atoms with Crippen molar-refractivity contribution in [3.8, 4) is 17.4 Å². The Hall–Kier alpha value is -3.29. The number of rotatable bonds is 4. The first-order valence-electron chi connectivity index (χ1n) is 8.39. The summed E-state index contributed by atoms with van der Waals surface area (Å²) in [5.74, 6) is 2.06. The summed E-state index contributed by atoms with van der Waals surface area (Å²) in [6.07, 6.45) is 3.54. The zero-order chi connectivity index (χ0) is 18.1. The molecule has 0 radical (unpaired) electrons. The molecule has 4 rings (SSSR count). The minimum Gasteiger partial charge on any atom is -0.480 e. The molecule has 8 heteroatoms. The fourth-order valence-electron chi connectivity index (χ4n) is 3.14. The fraction of sp³-hybridized carbons (Fsp3) is 0.278. The molecular weight excluding hydrogens is 332 g/mol. The van der Waals surface area contributed by atoms with Crippen molar-refractivity contribution in [2.24, 2.45) is 0 Å². The van der Waals surface area contributed by atoms with E-state index in [0.29, 0.717) is 23.1 Å². The van der Waals surface area contributed by atoms with Crippen LogP contribution in [0, 0.1) is 0 Å². The lowest BCUT2D eigenvalue weighted by atomic mass is 10.2. The second kappa shape index (κ2) is 6.55.